The van der Waals surface area contributed by atoms with Crippen molar-refractivity contribution in [2.24, 2.45) is 0 Å². The summed E-state index contributed by atoms with van der Waals surface area (Å²) < 4.78 is 0. The summed E-state index contributed by atoms with van der Waals surface area (Å²) in [5, 5.41) is 3.12. The summed E-state index contributed by atoms with van der Waals surface area (Å²) in [6.07, 6.45) is 0.514. The highest BCUT2D eigenvalue weighted by Crippen LogP contribution is 1.94. The van der Waals surface area contributed by atoms with Crippen LogP contribution in [0.25, 0.3) is 0 Å². The van der Waals surface area contributed by atoms with Crippen LogP contribution in [0, 0.1) is 11.8 Å². The van der Waals surface area contributed by atoms with Crippen molar-refractivity contribution in [2.75, 3.05) is 27.2 Å². The number of carbonyl (C=O) groups is 1. The Kier molecular flexibility index (Phi) is 5.84. The van der Waals surface area contributed by atoms with Crippen LogP contribution in [-0.4, -0.2) is 38.0 Å². The SMILES string of the molecule is CN(C)C(=O)CCNCC#Cc1ccccc1. The molecule has 3 nitrogen and oxygen atoms in total. The number of carbonyl (C=O) groups excluding carboxylic acids is 1. The molecule has 0 fully saturated rings. The zero-order valence-corrected chi connectivity index (χ0v) is 10.4. The first-order chi connectivity index (χ1) is 8.20. The Morgan fingerprint density at radius 2 is 2.00 bits per heavy atom. The van der Waals surface area contributed by atoms with Crippen LogP contribution in [-0.2, 0) is 4.79 Å². The Labute approximate surface area is 103 Å². The van der Waals surface area contributed by atoms with Crippen LogP contribution < -0.4 is 5.32 Å². The number of nitrogens with one attached hydrogen (secondary N) is 1. The van der Waals surface area contributed by atoms with Gasteiger partial charge in [0.2, 0.25) is 5.91 Å². The minimum Gasteiger partial charge on any atom is -0.349 e. The average Bonchev–Trinajstić information content (AvgIpc) is 2.34. The molecule has 0 aliphatic carbocycles. The minimum absolute atomic E-state index is 0.133. The van der Waals surface area contributed by atoms with Crippen LogP contribution in [0.5, 0.6) is 0 Å². The molecule has 0 spiro atoms. The summed E-state index contributed by atoms with van der Waals surface area (Å²) >= 11 is 0. The maximum Gasteiger partial charge on any atom is 0.223 e. The van der Waals surface area contributed by atoms with Gasteiger partial charge < -0.3 is 10.2 Å². The topological polar surface area (TPSA) is 32.3 Å². The second-order valence-electron chi connectivity index (χ2n) is 3.88. The third-order valence-corrected chi connectivity index (χ3v) is 2.23. The first-order valence-corrected chi connectivity index (χ1v) is 5.65. The van der Waals surface area contributed by atoms with Gasteiger partial charge in [0.25, 0.3) is 0 Å². The van der Waals surface area contributed by atoms with E-state index < -0.39 is 0 Å². The highest BCUT2D eigenvalue weighted by atomic mass is 16.2. The molecule has 1 aromatic rings. The van der Waals surface area contributed by atoms with Gasteiger partial charge in [0.15, 0.2) is 0 Å². The highest BCUT2D eigenvalue weighted by Gasteiger charge is 2.01. The van der Waals surface area contributed by atoms with Gasteiger partial charge >= 0.3 is 0 Å². The summed E-state index contributed by atoms with van der Waals surface area (Å²) in [6, 6.07) is 9.85. The second-order valence-corrected chi connectivity index (χ2v) is 3.88. The Morgan fingerprint density at radius 1 is 1.29 bits per heavy atom. The lowest BCUT2D eigenvalue weighted by Crippen LogP contribution is -2.26. The van der Waals surface area contributed by atoms with E-state index in [0.717, 1.165) is 5.56 Å². The van der Waals surface area contributed by atoms with Crippen molar-refractivity contribution in [3.63, 3.8) is 0 Å². The zero-order valence-electron chi connectivity index (χ0n) is 10.4. The number of rotatable bonds is 4. The molecule has 1 N–H and O–H groups in total. The smallest absolute Gasteiger partial charge is 0.223 e. The van der Waals surface area contributed by atoms with Crippen molar-refractivity contribution in [1.82, 2.24) is 10.2 Å². The molecule has 0 aliphatic heterocycles. The van der Waals surface area contributed by atoms with Crippen molar-refractivity contribution in [2.45, 2.75) is 6.42 Å². The maximum absolute atomic E-state index is 11.2. The van der Waals surface area contributed by atoms with E-state index in [9.17, 15) is 4.79 Å². The second kappa shape index (κ2) is 7.48. The first kappa shape index (κ1) is 13.3. The first-order valence-electron chi connectivity index (χ1n) is 5.65. The van der Waals surface area contributed by atoms with Crippen LogP contribution in [0.4, 0.5) is 0 Å². The van der Waals surface area contributed by atoms with Crippen molar-refractivity contribution in [3.05, 3.63) is 35.9 Å². The Morgan fingerprint density at radius 3 is 2.65 bits per heavy atom. The standard InChI is InChI=1S/C14H18N2O/c1-16(2)14(17)10-12-15-11-6-9-13-7-4-3-5-8-13/h3-5,7-8,15H,10-12H2,1-2H3. The lowest BCUT2D eigenvalue weighted by atomic mass is 10.2. The van der Waals surface area contributed by atoms with Gasteiger partial charge in [0.05, 0.1) is 6.54 Å². The molecule has 90 valence electrons. The molecule has 0 atom stereocenters. The van der Waals surface area contributed by atoms with Crippen molar-refractivity contribution < 1.29 is 4.79 Å². The molecule has 0 saturated heterocycles. The molecule has 1 amide bonds. The van der Waals surface area contributed by atoms with Crippen LogP contribution in [0.2, 0.25) is 0 Å². The molecule has 0 aromatic heterocycles. The van der Waals surface area contributed by atoms with Gasteiger partial charge in [0.1, 0.15) is 0 Å². The normalized spacial score (nSPS) is 9.29. The number of amides is 1. The molecule has 0 heterocycles. The third-order valence-electron chi connectivity index (χ3n) is 2.23. The number of nitrogens with zero attached hydrogens (tertiary/aromatic N) is 1. The van der Waals surface area contributed by atoms with E-state index in [4.69, 9.17) is 0 Å². The summed E-state index contributed by atoms with van der Waals surface area (Å²) in [5.41, 5.74) is 1.01. The van der Waals surface area contributed by atoms with E-state index in [1.165, 1.54) is 0 Å². The summed E-state index contributed by atoms with van der Waals surface area (Å²) in [5.74, 6) is 6.20. The summed E-state index contributed by atoms with van der Waals surface area (Å²) in [6.45, 7) is 1.27. The Balaban J connectivity index is 2.17. The zero-order chi connectivity index (χ0) is 12.5. The number of hydrogen-bond donors (Lipinski definition) is 1. The predicted molar refractivity (Wildman–Crippen MR) is 69.5 cm³/mol. The number of hydrogen-bond acceptors (Lipinski definition) is 2. The fourth-order valence-electron chi connectivity index (χ4n) is 1.24. The lowest BCUT2D eigenvalue weighted by Gasteiger charge is -2.09. The molecule has 0 saturated carbocycles. The van der Waals surface area contributed by atoms with E-state index in [-0.39, 0.29) is 5.91 Å². The third kappa shape index (κ3) is 5.74. The molecule has 0 unspecified atom stereocenters. The molecule has 0 aliphatic rings. The monoisotopic (exact) mass is 230 g/mol. The van der Waals surface area contributed by atoms with Crippen molar-refractivity contribution in [1.29, 1.82) is 0 Å². The van der Waals surface area contributed by atoms with Crippen LogP contribution >= 0.6 is 0 Å². The van der Waals surface area contributed by atoms with Crippen molar-refractivity contribution >= 4 is 5.91 Å². The number of benzene rings is 1. The van der Waals surface area contributed by atoms with E-state index in [0.29, 0.717) is 19.5 Å². The van der Waals surface area contributed by atoms with Gasteiger partial charge in [-0.1, -0.05) is 30.0 Å². The maximum atomic E-state index is 11.2. The van der Waals surface area contributed by atoms with Crippen molar-refractivity contribution in [3.8, 4) is 11.8 Å². The lowest BCUT2D eigenvalue weighted by molar-refractivity contribution is -0.128. The molecule has 1 rings (SSSR count). The van der Waals surface area contributed by atoms with E-state index in [1.807, 2.05) is 30.3 Å². The predicted octanol–water partition coefficient (Wildman–Crippen LogP) is 1.11. The average molecular weight is 230 g/mol. The van der Waals surface area contributed by atoms with Gasteiger partial charge in [-0.05, 0) is 12.1 Å². The largest absolute Gasteiger partial charge is 0.349 e. The molecule has 1 aromatic carbocycles. The quantitative estimate of drug-likeness (QED) is 0.620. The van der Waals surface area contributed by atoms with Crippen LogP contribution in [0.1, 0.15) is 12.0 Å². The van der Waals surface area contributed by atoms with Crippen LogP contribution in [0.15, 0.2) is 30.3 Å². The van der Waals surface area contributed by atoms with Gasteiger partial charge in [-0.15, -0.1) is 0 Å². The van der Waals surface area contributed by atoms with Gasteiger partial charge in [-0.2, -0.15) is 0 Å². The van der Waals surface area contributed by atoms with Crippen LogP contribution in [0.3, 0.4) is 0 Å². The van der Waals surface area contributed by atoms with E-state index in [2.05, 4.69) is 17.2 Å². The van der Waals surface area contributed by atoms with Gasteiger partial charge in [-0.25, -0.2) is 0 Å². The Bertz CT molecular complexity index is 401. The van der Waals surface area contributed by atoms with Gasteiger partial charge in [0, 0.05) is 32.6 Å². The molecular formula is C14H18N2O. The minimum atomic E-state index is 0.133. The van der Waals surface area contributed by atoms with E-state index in [1.54, 1.807) is 19.0 Å². The molecular weight excluding hydrogens is 212 g/mol. The highest BCUT2D eigenvalue weighted by molar-refractivity contribution is 5.75. The fraction of sp³-hybridized carbons (Fsp3) is 0.357. The summed E-state index contributed by atoms with van der Waals surface area (Å²) in [7, 11) is 3.52. The molecule has 3 heteroatoms. The molecule has 17 heavy (non-hydrogen) atoms. The fourth-order valence-corrected chi connectivity index (χ4v) is 1.24. The Hall–Kier alpha value is -1.79. The summed E-state index contributed by atoms with van der Waals surface area (Å²) in [4.78, 5) is 12.8. The van der Waals surface area contributed by atoms with Gasteiger partial charge in [-0.3, -0.25) is 4.79 Å². The molecule has 0 bridgehead atoms. The molecule has 0 radical (unpaired) electrons. The van der Waals surface area contributed by atoms with E-state index >= 15 is 0 Å².